The van der Waals surface area contributed by atoms with Gasteiger partial charge in [0, 0.05) is 19.7 Å². The Bertz CT molecular complexity index is 182. The van der Waals surface area contributed by atoms with Gasteiger partial charge in [0.25, 0.3) is 0 Å². The molecule has 1 aliphatic rings. The van der Waals surface area contributed by atoms with Crippen LogP contribution in [0, 0.1) is 11.8 Å². The van der Waals surface area contributed by atoms with Crippen LogP contribution in [-0.4, -0.2) is 25.8 Å². The summed E-state index contributed by atoms with van der Waals surface area (Å²) in [6, 6.07) is 0.732. The van der Waals surface area contributed by atoms with E-state index >= 15 is 0 Å². The van der Waals surface area contributed by atoms with Crippen molar-refractivity contribution in [2.75, 3.05) is 13.7 Å². The highest BCUT2D eigenvalue weighted by atomic mass is 16.5. The fourth-order valence-corrected chi connectivity index (χ4v) is 2.77. The van der Waals surface area contributed by atoms with Crippen LogP contribution in [0.2, 0.25) is 0 Å². The molecule has 0 spiro atoms. The van der Waals surface area contributed by atoms with Crippen molar-refractivity contribution in [3.63, 3.8) is 0 Å². The molecule has 0 amide bonds. The standard InChI is InChI=1S/C14H29NO/c1-11(2)8-13-6-5-7-14(9-13)15-10-12(3)16-4/h11-15H,5-10H2,1-4H3. The number of nitrogens with one attached hydrogen (secondary N) is 1. The van der Waals surface area contributed by atoms with Crippen LogP contribution in [0.1, 0.15) is 52.9 Å². The van der Waals surface area contributed by atoms with Gasteiger partial charge < -0.3 is 10.1 Å². The van der Waals surface area contributed by atoms with Crippen LogP contribution in [0.4, 0.5) is 0 Å². The highest BCUT2D eigenvalue weighted by molar-refractivity contribution is 4.79. The third kappa shape index (κ3) is 5.31. The molecular formula is C14H29NO. The summed E-state index contributed by atoms with van der Waals surface area (Å²) < 4.78 is 5.27. The van der Waals surface area contributed by atoms with Gasteiger partial charge in [0.2, 0.25) is 0 Å². The van der Waals surface area contributed by atoms with Crippen molar-refractivity contribution in [2.24, 2.45) is 11.8 Å². The van der Waals surface area contributed by atoms with Gasteiger partial charge in [-0.15, -0.1) is 0 Å². The molecule has 0 heterocycles. The second-order valence-electron chi connectivity index (χ2n) is 5.81. The van der Waals surface area contributed by atoms with Gasteiger partial charge in [0.05, 0.1) is 6.10 Å². The monoisotopic (exact) mass is 227 g/mol. The number of rotatable bonds is 6. The zero-order chi connectivity index (χ0) is 12.0. The van der Waals surface area contributed by atoms with Crippen molar-refractivity contribution in [1.82, 2.24) is 5.32 Å². The molecule has 1 N–H and O–H groups in total. The van der Waals surface area contributed by atoms with Crippen LogP contribution in [0.5, 0.6) is 0 Å². The van der Waals surface area contributed by atoms with Gasteiger partial charge in [-0.25, -0.2) is 0 Å². The van der Waals surface area contributed by atoms with E-state index in [1.54, 1.807) is 7.11 Å². The molecule has 16 heavy (non-hydrogen) atoms. The van der Waals surface area contributed by atoms with Crippen LogP contribution in [-0.2, 0) is 4.74 Å². The summed E-state index contributed by atoms with van der Waals surface area (Å²) in [6.45, 7) is 7.80. The normalized spacial score (nSPS) is 28.3. The van der Waals surface area contributed by atoms with Gasteiger partial charge in [0.1, 0.15) is 0 Å². The first-order valence-corrected chi connectivity index (χ1v) is 6.88. The summed E-state index contributed by atoms with van der Waals surface area (Å²) in [5.41, 5.74) is 0. The van der Waals surface area contributed by atoms with E-state index in [1.165, 1.54) is 32.1 Å². The Balaban J connectivity index is 2.22. The number of ether oxygens (including phenoxy) is 1. The van der Waals surface area contributed by atoms with Crippen LogP contribution in [0.25, 0.3) is 0 Å². The third-order valence-corrected chi connectivity index (χ3v) is 3.68. The number of methoxy groups -OCH3 is 1. The molecule has 1 aliphatic carbocycles. The Morgan fingerprint density at radius 3 is 2.62 bits per heavy atom. The second kappa shape index (κ2) is 7.29. The maximum Gasteiger partial charge on any atom is 0.0667 e. The number of hydrogen-bond donors (Lipinski definition) is 1. The smallest absolute Gasteiger partial charge is 0.0667 e. The molecule has 0 aliphatic heterocycles. The van der Waals surface area contributed by atoms with E-state index in [1.807, 2.05) is 0 Å². The SMILES string of the molecule is COC(C)CNC1CCCC(CC(C)C)C1. The summed E-state index contributed by atoms with van der Waals surface area (Å²) in [4.78, 5) is 0. The first-order chi connectivity index (χ1) is 7.61. The van der Waals surface area contributed by atoms with Crippen LogP contribution in [0.15, 0.2) is 0 Å². The van der Waals surface area contributed by atoms with Gasteiger partial charge in [-0.05, 0) is 38.0 Å². The van der Waals surface area contributed by atoms with E-state index in [2.05, 4.69) is 26.1 Å². The molecular weight excluding hydrogens is 198 g/mol. The molecule has 1 fully saturated rings. The minimum atomic E-state index is 0.338. The van der Waals surface area contributed by atoms with E-state index in [-0.39, 0.29) is 0 Å². The highest BCUT2D eigenvalue weighted by Crippen LogP contribution is 2.29. The van der Waals surface area contributed by atoms with Crippen LogP contribution >= 0.6 is 0 Å². The average molecular weight is 227 g/mol. The van der Waals surface area contributed by atoms with Crippen molar-refractivity contribution in [2.45, 2.75) is 65.0 Å². The molecule has 3 atom stereocenters. The van der Waals surface area contributed by atoms with E-state index in [4.69, 9.17) is 4.74 Å². The Hall–Kier alpha value is -0.0800. The van der Waals surface area contributed by atoms with Gasteiger partial charge in [0.15, 0.2) is 0 Å². The third-order valence-electron chi connectivity index (χ3n) is 3.68. The highest BCUT2D eigenvalue weighted by Gasteiger charge is 2.22. The maximum atomic E-state index is 5.27. The van der Waals surface area contributed by atoms with Crippen molar-refractivity contribution in [3.05, 3.63) is 0 Å². The molecule has 1 saturated carbocycles. The predicted octanol–water partition coefficient (Wildman–Crippen LogP) is 3.22. The molecule has 0 radical (unpaired) electrons. The van der Waals surface area contributed by atoms with Gasteiger partial charge in [-0.1, -0.05) is 26.7 Å². The van der Waals surface area contributed by atoms with Crippen LogP contribution < -0.4 is 5.32 Å². The summed E-state index contributed by atoms with van der Waals surface area (Å²) in [7, 11) is 1.79. The zero-order valence-corrected chi connectivity index (χ0v) is 11.5. The molecule has 2 nitrogen and oxygen atoms in total. The second-order valence-corrected chi connectivity index (χ2v) is 5.81. The molecule has 0 aromatic heterocycles. The summed E-state index contributed by atoms with van der Waals surface area (Å²) in [6.07, 6.45) is 7.30. The predicted molar refractivity (Wildman–Crippen MR) is 69.7 cm³/mol. The molecule has 0 saturated heterocycles. The number of hydrogen-bond acceptors (Lipinski definition) is 2. The minimum absolute atomic E-state index is 0.338. The molecule has 0 aromatic rings. The summed E-state index contributed by atoms with van der Waals surface area (Å²) in [5, 5.41) is 3.65. The minimum Gasteiger partial charge on any atom is -0.380 e. The van der Waals surface area contributed by atoms with Crippen molar-refractivity contribution >= 4 is 0 Å². The first kappa shape index (κ1) is 14.0. The zero-order valence-electron chi connectivity index (χ0n) is 11.5. The van der Waals surface area contributed by atoms with E-state index in [9.17, 15) is 0 Å². The lowest BCUT2D eigenvalue weighted by molar-refractivity contribution is 0.110. The van der Waals surface area contributed by atoms with Gasteiger partial charge in [-0.2, -0.15) is 0 Å². The van der Waals surface area contributed by atoms with Crippen molar-refractivity contribution in [1.29, 1.82) is 0 Å². The maximum absolute atomic E-state index is 5.27. The summed E-state index contributed by atoms with van der Waals surface area (Å²) >= 11 is 0. The Labute approximate surface area is 101 Å². The fraction of sp³-hybridized carbons (Fsp3) is 1.00. The Morgan fingerprint density at radius 2 is 2.00 bits per heavy atom. The lowest BCUT2D eigenvalue weighted by Gasteiger charge is -2.31. The first-order valence-electron chi connectivity index (χ1n) is 6.88. The topological polar surface area (TPSA) is 21.3 Å². The largest absolute Gasteiger partial charge is 0.380 e. The van der Waals surface area contributed by atoms with E-state index < -0.39 is 0 Å². The molecule has 3 unspecified atom stereocenters. The van der Waals surface area contributed by atoms with Crippen LogP contribution in [0.3, 0.4) is 0 Å². The lowest BCUT2D eigenvalue weighted by atomic mass is 9.81. The Morgan fingerprint density at radius 1 is 1.25 bits per heavy atom. The van der Waals surface area contributed by atoms with E-state index in [0.717, 1.165) is 24.4 Å². The fourth-order valence-electron chi connectivity index (χ4n) is 2.77. The molecule has 0 aromatic carbocycles. The molecule has 2 heteroatoms. The lowest BCUT2D eigenvalue weighted by Crippen LogP contribution is -2.38. The molecule has 1 rings (SSSR count). The quantitative estimate of drug-likeness (QED) is 0.752. The van der Waals surface area contributed by atoms with E-state index in [0.29, 0.717) is 6.10 Å². The Kier molecular flexibility index (Phi) is 6.37. The van der Waals surface area contributed by atoms with Gasteiger partial charge in [-0.3, -0.25) is 0 Å². The van der Waals surface area contributed by atoms with Crippen molar-refractivity contribution < 1.29 is 4.74 Å². The average Bonchev–Trinajstić information content (AvgIpc) is 2.25. The molecule has 0 bridgehead atoms. The summed E-state index contributed by atoms with van der Waals surface area (Å²) in [5.74, 6) is 1.80. The van der Waals surface area contributed by atoms with Gasteiger partial charge >= 0.3 is 0 Å². The molecule has 96 valence electrons. The van der Waals surface area contributed by atoms with Crippen molar-refractivity contribution in [3.8, 4) is 0 Å².